The maximum absolute atomic E-state index is 11.9. The van der Waals surface area contributed by atoms with Gasteiger partial charge in [0.15, 0.2) is 0 Å². The van der Waals surface area contributed by atoms with Crippen molar-refractivity contribution in [3.05, 3.63) is 23.8 Å². The molecule has 1 saturated heterocycles. The van der Waals surface area contributed by atoms with Gasteiger partial charge in [0.25, 0.3) is 9.05 Å². The molecule has 1 atom stereocenters. The van der Waals surface area contributed by atoms with E-state index in [1.165, 1.54) is 12.1 Å². The summed E-state index contributed by atoms with van der Waals surface area (Å²) in [5.74, 6) is -0.102. The number of aryl methyl sites for hydroxylation is 1. The van der Waals surface area contributed by atoms with E-state index in [9.17, 15) is 13.2 Å². The first-order valence-electron chi connectivity index (χ1n) is 6.83. The highest BCUT2D eigenvalue weighted by molar-refractivity contribution is 8.13. The molecule has 1 aliphatic rings. The maximum atomic E-state index is 11.9. The molecule has 0 radical (unpaired) electrons. The van der Waals surface area contributed by atoms with Gasteiger partial charge in [0.05, 0.1) is 11.0 Å². The fourth-order valence-corrected chi connectivity index (χ4v) is 3.14. The third-order valence-electron chi connectivity index (χ3n) is 3.47. The summed E-state index contributed by atoms with van der Waals surface area (Å²) in [5, 5.41) is 2.78. The van der Waals surface area contributed by atoms with Crippen molar-refractivity contribution < 1.29 is 17.9 Å². The normalized spacial score (nSPS) is 18.7. The molecule has 1 aromatic carbocycles. The van der Waals surface area contributed by atoms with Gasteiger partial charge in [-0.1, -0.05) is 0 Å². The van der Waals surface area contributed by atoms with Gasteiger partial charge in [0.1, 0.15) is 0 Å². The number of benzene rings is 1. The van der Waals surface area contributed by atoms with Crippen LogP contribution in [0.3, 0.4) is 0 Å². The third kappa shape index (κ3) is 4.69. The van der Waals surface area contributed by atoms with Crippen LogP contribution in [-0.4, -0.2) is 27.0 Å². The number of nitrogens with one attached hydrogen (secondary N) is 1. The first-order chi connectivity index (χ1) is 9.86. The van der Waals surface area contributed by atoms with Crippen LogP contribution < -0.4 is 5.32 Å². The monoisotopic (exact) mass is 331 g/mol. The second-order valence-corrected chi connectivity index (χ2v) is 7.70. The summed E-state index contributed by atoms with van der Waals surface area (Å²) in [7, 11) is 1.53. The number of amides is 1. The van der Waals surface area contributed by atoms with Gasteiger partial charge in [-0.2, -0.15) is 0 Å². The van der Waals surface area contributed by atoms with E-state index in [2.05, 4.69) is 5.32 Å². The molecule has 1 unspecified atom stereocenters. The van der Waals surface area contributed by atoms with Crippen LogP contribution in [0.4, 0.5) is 5.69 Å². The minimum absolute atomic E-state index is 0.0269. The highest BCUT2D eigenvalue weighted by Crippen LogP contribution is 2.23. The van der Waals surface area contributed by atoms with Crippen LogP contribution in [-0.2, 0) is 18.6 Å². The van der Waals surface area contributed by atoms with E-state index in [-0.39, 0.29) is 16.9 Å². The molecule has 1 aliphatic heterocycles. The van der Waals surface area contributed by atoms with Gasteiger partial charge in [0.2, 0.25) is 5.91 Å². The number of rotatable bonds is 5. The fourth-order valence-electron chi connectivity index (χ4n) is 2.30. The maximum Gasteiger partial charge on any atom is 0.261 e. The highest BCUT2D eigenvalue weighted by atomic mass is 35.7. The van der Waals surface area contributed by atoms with Crippen molar-refractivity contribution in [2.75, 3.05) is 11.9 Å². The smallest absolute Gasteiger partial charge is 0.261 e. The van der Waals surface area contributed by atoms with Crippen molar-refractivity contribution in [2.24, 2.45) is 0 Å². The first kappa shape index (κ1) is 16.3. The number of hydrogen-bond acceptors (Lipinski definition) is 4. The van der Waals surface area contributed by atoms with Crippen LogP contribution in [0, 0.1) is 6.92 Å². The zero-order chi connectivity index (χ0) is 15.5. The molecule has 1 heterocycles. The van der Waals surface area contributed by atoms with Crippen molar-refractivity contribution in [3.8, 4) is 0 Å². The molecule has 1 fully saturated rings. The quantitative estimate of drug-likeness (QED) is 0.842. The molecule has 0 spiro atoms. The number of carbonyl (C=O) groups excluding carboxylic acids is 1. The lowest BCUT2D eigenvalue weighted by Crippen LogP contribution is -2.15. The van der Waals surface area contributed by atoms with Crippen molar-refractivity contribution >= 4 is 31.3 Å². The molecule has 2 rings (SSSR count). The molecule has 21 heavy (non-hydrogen) atoms. The van der Waals surface area contributed by atoms with Crippen molar-refractivity contribution in [1.82, 2.24) is 0 Å². The number of hydrogen-bond donors (Lipinski definition) is 1. The Kier molecular flexibility index (Phi) is 5.24. The van der Waals surface area contributed by atoms with Crippen LogP contribution in [0.25, 0.3) is 0 Å². The van der Waals surface area contributed by atoms with E-state index in [0.717, 1.165) is 19.4 Å². The molecule has 116 valence electrons. The lowest BCUT2D eigenvalue weighted by atomic mass is 10.1. The lowest BCUT2D eigenvalue weighted by molar-refractivity contribution is -0.116. The summed E-state index contributed by atoms with van der Waals surface area (Å²) in [6.45, 7) is 2.50. The topological polar surface area (TPSA) is 72.5 Å². The Labute approximate surface area is 129 Å². The standard InChI is InChI=1S/C14H18ClNO4S/c1-10-9-12(21(15,18)19)5-6-13(10)16-14(17)7-4-11-3-2-8-20-11/h5-6,9,11H,2-4,7-8H2,1H3,(H,16,17). The molecule has 0 aliphatic carbocycles. The van der Waals surface area contributed by atoms with Crippen LogP contribution >= 0.6 is 10.7 Å². The predicted molar refractivity (Wildman–Crippen MR) is 81.1 cm³/mol. The second-order valence-electron chi connectivity index (χ2n) is 5.14. The zero-order valence-corrected chi connectivity index (χ0v) is 13.3. The molecule has 1 aromatic rings. The van der Waals surface area contributed by atoms with Crippen molar-refractivity contribution in [2.45, 2.75) is 43.6 Å². The van der Waals surface area contributed by atoms with Crippen molar-refractivity contribution in [1.29, 1.82) is 0 Å². The molecule has 0 saturated carbocycles. The van der Waals surface area contributed by atoms with Gasteiger partial charge in [-0.25, -0.2) is 8.42 Å². The Morgan fingerprint density at radius 1 is 1.48 bits per heavy atom. The van der Waals surface area contributed by atoms with Crippen LogP contribution in [0.2, 0.25) is 0 Å². The van der Waals surface area contributed by atoms with Gasteiger partial charge >= 0.3 is 0 Å². The van der Waals surface area contributed by atoms with E-state index < -0.39 is 9.05 Å². The Bertz CT molecular complexity index is 624. The molecule has 7 heteroatoms. The zero-order valence-electron chi connectivity index (χ0n) is 11.8. The number of halogens is 1. The second kappa shape index (κ2) is 6.77. The van der Waals surface area contributed by atoms with E-state index >= 15 is 0 Å². The minimum Gasteiger partial charge on any atom is -0.378 e. The summed E-state index contributed by atoms with van der Waals surface area (Å²) < 4.78 is 27.9. The highest BCUT2D eigenvalue weighted by Gasteiger charge is 2.17. The summed E-state index contributed by atoms with van der Waals surface area (Å²) in [6.07, 6.45) is 3.34. The Morgan fingerprint density at radius 3 is 2.81 bits per heavy atom. The first-order valence-corrected chi connectivity index (χ1v) is 9.14. The number of anilines is 1. The lowest BCUT2D eigenvalue weighted by Gasteiger charge is -2.11. The van der Waals surface area contributed by atoms with Crippen LogP contribution in [0.1, 0.15) is 31.2 Å². The van der Waals surface area contributed by atoms with E-state index in [0.29, 0.717) is 24.1 Å². The number of ether oxygens (including phenoxy) is 1. The average molecular weight is 332 g/mol. The summed E-state index contributed by atoms with van der Waals surface area (Å²) in [6, 6.07) is 4.37. The molecule has 1 N–H and O–H groups in total. The Hall–Kier alpha value is -1.11. The molecule has 0 bridgehead atoms. The summed E-state index contributed by atoms with van der Waals surface area (Å²) >= 11 is 0. The van der Waals surface area contributed by atoms with Crippen LogP contribution in [0.15, 0.2) is 23.1 Å². The Balaban J connectivity index is 1.94. The predicted octanol–water partition coefficient (Wildman–Crippen LogP) is 2.82. The SMILES string of the molecule is Cc1cc(S(=O)(=O)Cl)ccc1NC(=O)CCC1CCCO1. The molecule has 5 nitrogen and oxygen atoms in total. The molecular weight excluding hydrogens is 314 g/mol. The Morgan fingerprint density at radius 2 is 2.24 bits per heavy atom. The average Bonchev–Trinajstić information content (AvgIpc) is 2.91. The van der Waals surface area contributed by atoms with Crippen LogP contribution in [0.5, 0.6) is 0 Å². The van der Waals surface area contributed by atoms with Gasteiger partial charge in [0, 0.05) is 29.4 Å². The van der Waals surface area contributed by atoms with Gasteiger partial charge in [-0.15, -0.1) is 0 Å². The van der Waals surface area contributed by atoms with Gasteiger partial charge in [-0.05, 0) is 49.9 Å². The minimum atomic E-state index is -3.75. The summed E-state index contributed by atoms with van der Waals surface area (Å²) in [4.78, 5) is 11.9. The molecule has 1 amide bonds. The molecule has 0 aromatic heterocycles. The van der Waals surface area contributed by atoms with Crippen molar-refractivity contribution in [3.63, 3.8) is 0 Å². The van der Waals surface area contributed by atoms with E-state index in [4.69, 9.17) is 15.4 Å². The third-order valence-corrected chi connectivity index (χ3v) is 4.82. The number of carbonyl (C=O) groups is 1. The van der Waals surface area contributed by atoms with Gasteiger partial charge < -0.3 is 10.1 Å². The summed E-state index contributed by atoms with van der Waals surface area (Å²) in [5.41, 5.74) is 1.25. The molecular formula is C14H18ClNO4S. The largest absolute Gasteiger partial charge is 0.378 e. The van der Waals surface area contributed by atoms with E-state index in [1.807, 2.05) is 0 Å². The fraction of sp³-hybridized carbons (Fsp3) is 0.500. The van der Waals surface area contributed by atoms with E-state index in [1.54, 1.807) is 13.0 Å². The van der Waals surface area contributed by atoms with Gasteiger partial charge in [-0.3, -0.25) is 4.79 Å².